The van der Waals surface area contributed by atoms with Crippen molar-refractivity contribution < 1.29 is 37.0 Å². The van der Waals surface area contributed by atoms with Crippen LogP contribution in [0.15, 0.2) is 59.6 Å². The molecule has 0 bridgehead atoms. The average molecular weight is 680 g/mol. The van der Waals surface area contributed by atoms with Gasteiger partial charge in [0.25, 0.3) is 21.5 Å². The van der Waals surface area contributed by atoms with Gasteiger partial charge in [0.05, 0.1) is 32.6 Å². The van der Waals surface area contributed by atoms with E-state index in [1.807, 2.05) is 6.92 Å². The van der Waals surface area contributed by atoms with Crippen LogP contribution >= 0.6 is 0 Å². The predicted octanol–water partition coefficient (Wildman–Crippen LogP) is 3.24. The molecule has 13 nitrogen and oxygen atoms in total. The summed E-state index contributed by atoms with van der Waals surface area (Å²) in [5, 5.41) is 0. The molecule has 4 heterocycles. The summed E-state index contributed by atoms with van der Waals surface area (Å²) in [5.74, 6) is -0.648. The molecule has 2 fully saturated rings. The number of piperazine rings is 1. The first-order chi connectivity index (χ1) is 23.0. The molecule has 2 amide bonds. The number of fused-ring (bicyclic) bond motifs is 1. The topological polar surface area (TPSA) is 131 Å². The van der Waals surface area contributed by atoms with Gasteiger partial charge in [-0.15, -0.1) is 0 Å². The van der Waals surface area contributed by atoms with Gasteiger partial charge in [-0.25, -0.2) is 18.2 Å². The van der Waals surface area contributed by atoms with Crippen molar-refractivity contribution in [3.8, 4) is 17.4 Å². The number of nitrogens with zero attached hydrogens (tertiary/aromatic N) is 5. The number of aryl methyl sites for hydroxylation is 1. The molecular formula is C34H41N5O8S. The third-order valence-corrected chi connectivity index (χ3v) is 11.2. The minimum atomic E-state index is -4.64. The van der Waals surface area contributed by atoms with Crippen molar-refractivity contribution in [2.75, 3.05) is 72.0 Å². The Bertz CT molecular complexity index is 1800. The molecule has 14 heteroatoms. The van der Waals surface area contributed by atoms with Crippen molar-refractivity contribution in [1.82, 2.24) is 19.7 Å². The van der Waals surface area contributed by atoms with Crippen molar-refractivity contribution >= 4 is 27.7 Å². The second-order valence-electron chi connectivity index (χ2n) is 12.3. The quantitative estimate of drug-likeness (QED) is 0.348. The Kier molecular flexibility index (Phi) is 9.25. The number of carbonyl (C=O) groups is 2. The molecule has 2 aromatic carbocycles. The zero-order valence-corrected chi connectivity index (χ0v) is 28.7. The summed E-state index contributed by atoms with van der Waals surface area (Å²) in [6, 6.07) is 12.7. The Morgan fingerprint density at radius 1 is 0.896 bits per heavy atom. The summed E-state index contributed by atoms with van der Waals surface area (Å²) >= 11 is 0. The van der Waals surface area contributed by atoms with Gasteiger partial charge in [0.1, 0.15) is 16.4 Å². The molecule has 48 heavy (non-hydrogen) atoms. The Labute approximate surface area is 281 Å². The molecule has 2 saturated heterocycles. The van der Waals surface area contributed by atoms with E-state index in [4.69, 9.17) is 18.9 Å². The molecule has 1 atom stereocenters. The molecular weight excluding hydrogens is 638 g/mol. The minimum Gasteiger partial charge on any atom is -0.497 e. The second-order valence-corrected chi connectivity index (χ2v) is 14.0. The van der Waals surface area contributed by atoms with E-state index < -0.39 is 27.6 Å². The van der Waals surface area contributed by atoms with E-state index in [-0.39, 0.29) is 33.3 Å². The maximum atomic E-state index is 15.0. The van der Waals surface area contributed by atoms with Crippen molar-refractivity contribution in [3.63, 3.8) is 0 Å². The van der Waals surface area contributed by atoms with Crippen molar-refractivity contribution in [1.29, 1.82) is 0 Å². The highest BCUT2D eigenvalue weighted by Gasteiger charge is 2.61. The van der Waals surface area contributed by atoms with E-state index in [2.05, 4.69) is 21.8 Å². The number of sulfonamides is 1. The summed E-state index contributed by atoms with van der Waals surface area (Å²) in [6.45, 7) is 5.99. The van der Waals surface area contributed by atoms with Crippen molar-refractivity contribution in [3.05, 3.63) is 71.4 Å². The van der Waals surface area contributed by atoms with Crippen LogP contribution < -0.4 is 18.5 Å². The molecule has 3 aliphatic rings. The highest BCUT2D eigenvalue weighted by Crippen LogP contribution is 2.52. The fourth-order valence-electron chi connectivity index (χ4n) is 6.86. The largest absolute Gasteiger partial charge is 0.497 e. The lowest BCUT2D eigenvalue weighted by Gasteiger charge is -2.42. The van der Waals surface area contributed by atoms with Gasteiger partial charge in [-0.1, -0.05) is 11.6 Å². The number of likely N-dealkylation sites (tertiary alicyclic amines) is 1. The van der Waals surface area contributed by atoms with Crippen molar-refractivity contribution in [2.45, 2.75) is 36.3 Å². The fraction of sp³-hybridized carbons (Fsp3) is 0.441. The monoisotopic (exact) mass is 679 g/mol. The number of carbonyl (C=O) groups excluding carboxylic acids is 2. The number of benzene rings is 2. The van der Waals surface area contributed by atoms with Crippen LogP contribution in [-0.4, -0.2) is 114 Å². The highest BCUT2D eigenvalue weighted by atomic mass is 32.2. The molecule has 1 aromatic heterocycles. The number of methoxy groups -OCH3 is 3. The van der Waals surface area contributed by atoms with Crippen LogP contribution in [0.3, 0.4) is 0 Å². The number of aromatic nitrogens is 1. The van der Waals surface area contributed by atoms with Gasteiger partial charge < -0.3 is 28.7 Å². The minimum absolute atomic E-state index is 0.0134. The van der Waals surface area contributed by atoms with Gasteiger partial charge in [-0.3, -0.25) is 9.69 Å². The lowest BCUT2D eigenvalue weighted by atomic mass is 9.87. The summed E-state index contributed by atoms with van der Waals surface area (Å²) in [5.41, 5.74) is -1.21. The molecule has 1 unspecified atom stereocenters. The predicted molar refractivity (Wildman–Crippen MR) is 177 cm³/mol. The summed E-state index contributed by atoms with van der Waals surface area (Å²) in [4.78, 5) is 39.5. The smallest absolute Gasteiger partial charge is 0.411 e. The molecule has 6 rings (SSSR count). The van der Waals surface area contributed by atoms with Crippen molar-refractivity contribution in [2.24, 2.45) is 0 Å². The number of hydrogen-bond donors (Lipinski definition) is 0. The van der Waals surface area contributed by atoms with Gasteiger partial charge >= 0.3 is 6.09 Å². The molecule has 0 aliphatic carbocycles. The maximum absolute atomic E-state index is 15.0. The molecule has 0 N–H and O–H groups in total. The Balaban J connectivity index is 1.42. The Morgan fingerprint density at radius 3 is 2.29 bits per heavy atom. The first-order valence-electron chi connectivity index (χ1n) is 15.9. The van der Waals surface area contributed by atoms with Crippen LogP contribution in [0, 0.1) is 6.92 Å². The van der Waals surface area contributed by atoms with Crippen LogP contribution in [0.1, 0.15) is 29.5 Å². The van der Waals surface area contributed by atoms with E-state index in [9.17, 15) is 13.2 Å². The van der Waals surface area contributed by atoms with Gasteiger partial charge in [0.2, 0.25) is 5.88 Å². The van der Waals surface area contributed by atoms with Gasteiger partial charge in [0, 0.05) is 50.0 Å². The average Bonchev–Trinajstić information content (AvgIpc) is 3.35. The summed E-state index contributed by atoms with van der Waals surface area (Å²) in [7, 11) is 1.65. The zero-order valence-electron chi connectivity index (χ0n) is 27.8. The second kappa shape index (κ2) is 13.2. The Hall–Kier alpha value is -4.40. The molecule has 0 radical (unpaired) electrons. The molecule has 0 spiro atoms. The van der Waals surface area contributed by atoms with Crippen LogP contribution in [0.25, 0.3) is 0 Å². The van der Waals surface area contributed by atoms with E-state index in [0.29, 0.717) is 42.3 Å². The number of amides is 2. The van der Waals surface area contributed by atoms with E-state index in [1.54, 1.807) is 29.2 Å². The number of rotatable bonds is 8. The fourth-order valence-corrected chi connectivity index (χ4v) is 8.46. The Morgan fingerprint density at radius 2 is 1.62 bits per heavy atom. The lowest BCUT2D eigenvalue weighted by Crippen LogP contribution is -2.55. The molecule has 256 valence electrons. The van der Waals surface area contributed by atoms with Crippen LogP contribution in [0.4, 0.5) is 10.5 Å². The van der Waals surface area contributed by atoms with Gasteiger partial charge in [-0.05, 0) is 76.3 Å². The van der Waals surface area contributed by atoms with E-state index >= 15 is 4.79 Å². The van der Waals surface area contributed by atoms with Crippen LogP contribution in [0.5, 0.6) is 17.4 Å². The number of ether oxygens (including phenoxy) is 4. The third-order valence-electron chi connectivity index (χ3n) is 9.49. The maximum Gasteiger partial charge on any atom is 0.411 e. The zero-order chi connectivity index (χ0) is 34.2. The van der Waals surface area contributed by atoms with E-state index in [1.165, 1.54) is 51.8 Å². The first kappa shape index (κ1) is 33.5. The SMILES string of the molecule is COc1ccc(S(=O)(=O)N2C(=O)C(OC(=O)N3CCN(C4CCN(C)CC4)CC3)(c3cccnc3OC)c3cc(C)ccc32)c(OC)c1. The molecule has 3 aliphatic heterocycles. The number of piperidine rings is 1. The lowest BCUT2D eigenvalue weighted by molar-refractivity contribution is -0.132. The van der Waals surface area contributed by atoms with Gasteiger partial charge in [0.15, 0.2) is 0 Å². The standard InChI is InChI=1S/C34H41N5O8S/c1-23-8-10-28-27(21-23)34(26-7-6-14-35-31(26)46-5,32(40)39(28)48(42,43)30-11-9-25(44-3)22-29(30)45-4)47-33(41)38-19-17-37(18-20-38)24-12-15-36(2)16-13-24/h6-11,14,21-22,24H,12-13,15-20H2,1-5H3. The third kappa shape index (κ3) is 5.71. The molecule has 3 aromatic rings. The first-order valence-corrected chi connectivity index (χ1v) is 17.3. The molecule has 0 saturated carbocycles. The summed E-state index contributed by atoms with van der Waals surface area (Å²) < 4.78 is 52.3. The van der Waals surface area contributed by atoms with Crippen LogP contribution in [0.2, 0.25) is 0 Å². The highest BCUT2D eigenvalue weighted by molar-refractivity contribution is 7.93. The van der Waals surface area contributed by atoms with Gasteiger partial charge in [-0.2, -0.15) is 4.31 Å². The number of pyridine rings is 1. The number of anilines is 1. The summed E-state index contributed by atoms with van der Waals surface area (Å²) in [6.07, 6.45) is 2.87. The van der Waals surface area contributed by atoms with E-state index in [0.717, 1.165) is 31.5 Å². The normalized spacial score (nSPS) is 20.8. The van der Waals surface area contributed by atoms with Crippen LogP contribution in [-0.2, 0) is 25.2 Å². The number of hydrogen-bond acceptors (Lipinski definition) is 11.